The molecule has 3 nitrogen and oxygen atoms in total. The minimum absolute atomic E-state index is 0.345. The molecule has 0 N–H and O–H groups in total. The zero-order valence-corrected chi connectivity index (χ0v) is 11.1. The molecule has 0 aliphatic heterocycles. The predicted molar refractivity (Wildman–Crippen MR) is 73.5 cm³/mol. The molecule has 96 valence electrons. The van der Waals surface area contributed by atoms with Crippen molar-refractivity contribution >= 4 is 11.6 Å². The van der Waals surface area contributed by atoms with Gasteiger partial charge in [0.25, 0.3) is 0 Å². The van der Waals surface area contributed by atoms with Crippen LogP contribution in [0.5, 0.6) is 11.5 Å². The number of rotatable bonds is 4. The Morgan fingerprint density at radius 1 is 1.16 bits per heavy atom. The molecule has 2 aromatic carbocycles. The molecule has 2 aromatic rings. The summed E-state index contributed by atoms with van der Waals surface area (Å²) in [5, 5.41) is 9.29. The molecule has 0 radical (unpaired) electrons. The first kappa shape index (κ1) is 13.3. The van der Waals surface area contributed by atoms with E-state index in [0.717, 1.165) is 11.3 Å². The van der Waals surface area contributed by atoms with Crippen LogP contribution in [0.15, 0.2) is 42.5 Å². The first-order valence-corrected chi connectivity index (χ1v) is 6.06. The van der Waals surface area contributed by atoms with Crippen LogP contribution in [0.1, 0.15) is 11.1 Å². The third-order valence-corrected chi connectivity index (χ3v) is 2.97. The zero-order chi connectivity index (χ0) is 13.7. The van der Waals surface area contributed by atoms with Gasteiger partial charge in [-0.15, -0.1) is 0 Å². The van der Waals surface area contributed by atoms with Gasteiger partial charge in [-0.25, -0.2) is 0 Å². The van der Waals surface area contributed by atoms with Crippen LogP contribution in [0, 0.1) is 11.3 Å². The van der Waals surface area contributed by atoms with E-state index in [4.69, 9.17) is 26.3 Å². The topological polar surface area (TPSA) is 42.2 Å². The summed E-state index contributed by atoms with van der Waals surface area (Å²) in [6.45, 7) is 0.345. The Balaban J connectivity index is 2.08. The smallest absolute Gasteiger partial charge is 0.123 e. The Morgan fingerprint density at radius 2 is 1.95 bits per heavy atom. The van der Waals surface area contributed by atoms with Gasteiger partial charge in [-0.05, 0) is 24.3 Å². The van der Waals surface area contributed by atoms with Crippen LogP contribution in [-0.2, 0) is 6.61 Å². The average Bonchev–Trinajstić information content (AvgIpc) is 2.46. The minimum Gasteiger partial charge on any atom is -0.497 e. The number of ether oxygens (including phenoxy) is 2. The standard InChI is InChI=1S/C15H12ClNO2/c1-18-13-3-2-4-14(8-13)19-10-12-6-5-11(9-17)7-15(12)16/h2-8H,10H2,1H3. The highest BCUT2D eigenvalue weighted by Crippen LogP contribution is 2.22. The molecule has 19 heavy (non-hydrogen) atoms. The van der Waals surface area contributed by atoms with Gasteiger partial charge in [-0.2, -0.15) is 5.26 Å². The lowest BCUT2D eigenvalue weighted by molar-refractivity contribution is 0.304. The molecular formula is C15H12ClNO2. The van der Waals surface area contributed by atoms with Gasteiger partial charge in [0.1, 0.15) is 18.1 Å². The minimum atomic E-state index is 0.345. The lowest BCUT2D eigenvalue weighted by atomic mass is 10.1. The van der Waals surface area contributed by atoms with Crippen molar-refractivity contribution in [2.75, 3.05) is 7.11 Å². The first-order chi connectivity index (χ1) is 9.22. The average molecular weight is 274 g/mol. The van der Waals surface area contributed by atoms with Crippen molar-refractivity contribution in [3.63, 3.8) is 0 Å². The van der Waals surface area contributed by atoms with Gasteiger partial charge in [0.2, 0.25) is 0 Å². The van der Waals surface area contributed by atoms with E-state index < -0.39 is 0 Å². The van der Waals surface area contributed by atoms with Crippen LogP contribution in [-0.4, -0.2) is 7.11 Å². The van der Waals surface area contributed by atoms with E-state index in [1.807, 2.05) is 24.3 Å². The van der Waals surface area contributed by atoms with E-state index >= 15 is 0 Å². The molecule has 0 aliphatic carbocycles. The van der Waals surface area contributed by atoms with Crippen LogP contribution in [0.4, 0.5) is 0 Å². The maximum atomic E-state index is 8.76. The van der Waals surface area contributed by atoms with E-state index in [-0.39, 0.29) is 0 Å². The number of nitrogens with zero attached hydrogens (tertiary/aromatic N) is 1. The third-order valence-electron chi connectivity index (χ3n) is 2.62. The number of halogens is 1. The lowest BCUT2D eigenvalue weighted by Crippen LogP contribution is -1.97. The van der Waals surface area contributed by atoms with Gasteiger partial charge < -0.3 is 9.47 Å². The molecule has 0 atom stereocenters. The summed E-state index contributed by atoms with van der Waals surface area (Å²) in [4.78, 5) is 0. The fourth-order valence-electron chi connectivity index (χ4n) is 1.59. The molecule has 2 rings (SSSR count). The van der Waals surface area contributed by atoms with Crippen molar-refractivity contribution in [3.8, 4) is 17.6 Å². The summed E-state index contributed by atoms with van der Waals surface area (Å²) in [5.41, 5.74) is 1.37. The number of benzene rings is 2. The van der Waals surface area contributed by atoms with Gasteiger partial charge in [-0.1, -0.05) is 23.7 Å². The van der Waals surface area contributed by atoms with E-state index in [0.29, 0.717) is 22.9 Å². The molecule has 0 saturated carbocycles. The highest BCUT2D eigenvalue weighted by molar-refractivity contribution is 6.31. The molecule has 0 aromatic heterocycles. The maximum absolute atomic E-state index is 8.76. The lowest BCUT2D eigenvalue weighted by Gasteiger charge is -2.09. The third kappa shape index (κ3) is 3.40. The Bertz CT molecular complexity index is 620. The maximum Gasteiger partial charge on any atom is 0.123 e. The van der Waals surface area contributed by atoms with Crippen molar-refractivity contribution < 1.29 is 9.47 Å². The number of nitriles is 1. The van der Waals surface area contributed by atoms with Crippen molar-refractivity contribution in [2.45, 2.75) is 6.61 Å². The predicted octanol–water partition coefficient (Wildman–Crippen LogP) is 3.80. The van der Waals surface area contributed by atoms with Crippen LogP contribution in [0.2, 0.25) is 5.02 Å². The summed E-state index contributed by atoms with van der Waals surface area (Å²) in [6.07, 6.45) is 0. The molecular weight excluding hydrogens is 262 g/mol. The molecule has 0 aliphatic rings. The molecule has 4 heteroatoms. The summed E-state index contributed by atoms with van der Waals surface area (Å²) in [5.74, 6) is 1.45. The van der Waals surface area contributed by atoms with Crippen LogP contribution in [0.3, 0.4) is 0 Å². The molecule has 0 heterocycles. The van der Waals surface area contributed by atoms with E-state index in [9.17, 15) is 0 Å². The van der Waals surface area contributed by atoms with Crippen LogP contribution in [0.25, 0.3) is 0 Å². The molecule has 0 bridgehead atoms. The zero-order valence-electron chi connectivity index (χ0n) is 10.4. The monoisotopic (exact) mass is 273 g/mol. The normalized spacial score (nSPS) is 9.74. The summed E-state index contributed by atoms with van der Waals surface area (Å²) < 4.78 is 10.8. The quantitative estimate of drug-likeness (QED) is 0.851. The van der Waals surface area contributed by atoms with Crippen molar-refractivity contribution in [2.24, 2.45) is 0 Å². The Hall–Kier alpha value is -2.18. The number of hydrogen-bond acceptors (Lipinski definition) is 3. The molecule has 0 saturated heterocycles. The highest BCUT2D eigenvalue weighted by atomic mass is 35.5. The second-order valence-electron chi connectivity index (χ2n) is 3.89. The van der Waals surface area contributed by atoms with E-state index in [2.05, 4.69) is 0 Å². The van der Waals surface area contributed by atoms with Crippen molar-refractivity contribution in [3.05, 3.63) is 58.6 Å². The SMILES string of the molecule is COc1cccc(OCc2ccc(C#N)cc2Cl)c1. The van der Waals surface area contributed by atoms with Crippen LogP contribution >= 0.6 is 11.6 Å². The largest absolute Gasteiger partial charge is 0.497 e. The highest BCUT2D eigenvalue weighted by Gasteiger charge is 2.03. The van der Waals surface area contributed by atoms with Gasteiger partial charge in [0.05, 0.1) is 18.7 Å². The van der Waals surface area contributed by atoms with Gasteiger partial charge in [0, 0.05) is 16.7 Å². The van der Waals surface area contributed by atoms with E-state index in [1.165, 1.54) is 0 Å². The summed E-state index contributed by atoms with van der Waals surface area (Å²) in [7, 11) is 1.61. The molecule has 0 amide bonds. The van der Waals surface area contributed by atoms with Gasteiger partial charge >= 0.3 is 0 Å². The number of hydrogen-bond donors (Lipinski definition) is 0. The number of methoxy groups -OCH3 is 1. The first-order valence-electron chi connectivity index (χ1n) is 5.68. The molecule has 0 unspecified atom stereocenters. The second-order valence-corrected chi connectivity index (χ2v) is 4.29. The van der Waals surface area contributed by atoms with Crippen molar-refractivity contribution in [1.82, 2.24) is 0 Å². The molecule has 0 fully saturated rings. The van der Waals surface area contributed by atoms with Gasteiger partial charge in [-0.3, -0.25) is 0 Å². The summed E-state index contributed by atoms with van der Waals surface area (Å²) in [6, 6.07) is 14.5. The van der Waals surface area contributed by atoms with Crippen molar-refractivity contribution in [1.29, 1.82) is 5.26 Å². The summed E-state index contributed by atoms with van der Waals surface area (Å²) >= 11 is 6.08. The Kier molecular flexibility index (Phi) is 4.27. The fraction of sp³-hybridized carbons (Fsp3) is 0.133. The van der Waals surface area contributed by atoms with Crippen LogP contribution < -0.4 is 9.47 Å². The van der Waals surface area contributed by atoms with Gasteiger partial charge in [0.15, 0.2) is 0 Å². The Labute approximate surface area is 117 Å². The fourth-order valence-corrected chi connectivity index (χ4v) is 1.82. The second kappa shape index (κ2) is 6.12. The molecule has 0 spiro atoms. The Morgan fingerprint density at radius 3 is 2.63 bits per heavy atom. The van der Waals surface area contributed by atoms with E-state index in [1.54, 1.807) is 31.4 Å².